The first-order chi connectivity index (χ1) is 8.51. The van der Waals surface area contributed by atoms with Gasteiger partial charge in [-0.15, -0.1) is 0 Å². The van der Waals surface area contributed by atoms with E-state index in [9.17, 15) is 9.50 Å². The van der Waals surface area contributed by atoms with Crippen LogP contribution in [0.3, 0.4) is 0 Å². The molecule has 0 aliphatic carbocycles. The molecule has 0 saturated carbocycles. The van der Waals surface area contributed by atoms with Gasteiger partial charge >= 0.3 is 0 Å². The topological polar surface area (TPSA) is 47.9 Å². The van der Waals surface area contributed by atoms with Crippen molar-refractivity contribution in [2.45, 2.75) is 19.3 Å². The summed E-state index contributed by atoms with van der Waals surface area (Å²) in [6.45, 7) is 4.06. The van der Waals surface area contributed by atoms with Crippen LogP contribution in [0.1, 0.15) is 19.4 Å². The minimum Gasteiger partial charge on any atom is -0.494 e. The third-order valence-electron chi connectivity index (χ3n) is 3.03. The summed E-state index contributed by atoms with van der Waals surface area (Å²) >= 11 is 0. The molecular formula is C13H17FO4. The molecule has 0 amide bonds. The number of aliphatic hydroxyl groups excluding tert-OH is 1. The van der Waals surface area contributed by atoms with Gasteiger partial charge in [0.1, 0.15) is 13.2 Å². The second-order valence-corrected chi connectivity index (χ2v) is 4.83. The molecule has 2 rings (SSSR count). The molecule has 1 N–H and O–H groups in total. The van der Waals surface area contributed by atoms with Crippen LogP contribution < -0.4 is 14.2 Å². The number of hydrogen-bond donors (Lipinski definition) is 1. The lowest BCUT2D eigenvalue weighted by Crippen LogP contribution is -2.27. The maximum absolute atomic E-state index is 14.4. The van der Waals surface area contributed by atoms with Crippen LogP contribution in [0.5, 0.6) is 17.2 Å². The first-order valence-corrected chi connectivity index (χ1v) is 5.78. The molecule has 100 valence electrons. The van der Waals surface area contributed by atoms with E-state index < -0.39 is 11.2 Å². The highest BCUT2D eigenvalue weighted by atomic mass is 19.1. The predicted molar refractivity (Wildman–Crippen MR) is 64.1 cm³/mol. The van der Waals surface area contributed by atoms with Gasteiger partial charge in [-0.05, 0) is 0 Å². The molecule has 1 aromatic rings. The quantitative estimate of drug-likeness (QED) is 0.897. The number of rotatable bonds is 3. The van der Waals surface area contributed by atoms with E-state index in [2.05, 4.69) is 0 Å². The molecule has 0 bridgehead atoms. The molecule has 0 radical (unpaired) electrons. The minimum absolute atomic E-state index is 0.0933. The van der Waals surface area contributed by atoms with Crippen molar-refractivity contribution < 1.29 is 23.7 Å². The molecule has 0 spiro atoms. The Bertz CT molecular complexity index is 457. The first-order valence-electron chi connectivity index (χ1n) is 5.78. The summed E-state index contributed by atoms with van der Waals surface area (Å²) in [5, 5.41) is 9.43. The highest BCUT2D eigenvalue weighted by Gasteiger charge is 2.33. The fraction of sp³-hybridized carbons (Fsp3) is 0.538. The molecule has 18 heavy (non-hydrogen) atoms. The predicted octanol–water partition coefficient (Wildman–Crippen LogP) is 1.88. The third-order valence-corrected chi connectivity index (χ3v) is 3.03. The molecule has 0 unspecified atom stereocenters. The fourth-order valence-electron chi connectivity index (χ4n) is 1.97. The van der Waals surface area contributed by atoms with Crippen LogP contribution in [0.15, 0.2) is 6.07 Å². The minimum atomic E-state index is -0.774. The van der Waals surface area contributed by atoms with Gasteiger partial charge in [-0.3, -0.25) is 0 Å². The van der Waals surface area contributed by atoms with Crippen molar-refractivity contribution >= 4 is 0 Å². The number of ether oxygens (including phenoxy) is 3. The van der Waals surface area contributed by atoms with Crippen LogP contribution in [-0.2, 0) is 5.41 Å². The van der Waals surface area contributed by atoms with Crippen LogP contribution in [-0.4, -0.2) is 32.0 Å². The van der Waals surface area contributed by atoms with E-state index in [1.807, 2.05) is 0 Å². The van der Waals surface area contributed by atoms with Crippen molar-refractivity contribution in [1.29, 1.82) is 0 Å². The molecule has 1 aliphatic rings. The van der Waals surface area contributed by atoms with Crippen LogP contribution in [0.25, 0.3) is 0 Å². The average molecular weight is 256 g/mol. The lowest BCUT2D eigenvalue weighted by atomic mass is 9.84. The maximum atomic E-state index is 14.4. The Morgan fingerprint density at radius 2 is 2.06 bits per heavy atom. The van der Waals surface area contributed by atoms with Gasteiger partial charge in [0.15, 0.2) is 23.1 Å². The SMILES string of the molecule is COc1cc2c(c(C(C)(C)CO)c1F)OCCO2. The largest absolute Gasteiger partial charge is 0.494 e. The summed E-state index contributed by atoms with van der Waals surface area (Å²) in [6, 6.07) is 1.47. The summed E-state index contributed by atoms with van der Waals surface area (Å²) in [7, 11) is 1.39. The Morgan fingerprint density at radius 1 is 1.39 bits per heavy atom. The van der Waals surface area contributed by atoms with Crippen molar-refractivity contribution in [1.82, 2.24) is 0 Å². The monoisotopic (exact) mass is 256 g/mol. The summed E-state index contributed by atoms with van der Waals surface area (Å²) < 4.78 is 30.3. The molecule has 5 heteroatoms. The van der Waals surface area contributed by atoms with E-state index in [4.69, 9.17) is 14.2 Å². The Kier molecular flexibility index (Phi) is 3.34. The molecular weight excluding hydrogens is 239 g/mol. The molecule has 0 saturated heterocycles. The Morgan fingerprint density at radius 3 is 2.67 bits per heavy atom. The van der Waals surface area contributed by atoms with Gasteiger partial charge in [-0.25, -0.2) is 4.39 Å². The van der Waals surface area contributed by atoms with Gasteiger partial charge in [-0.1, -0.05) is 13.8 Å². The van der Waals surface area contributed by atoms with E-state index in [-0.39, 0.29) is 12.4 Å². The number of hydrogen-bond acceptors (Lipinski definition) is 4. The highest BCUT2D eigenvalue weighted by Crippen LogP contribution is 2.45. The molecule has 4 nitrogen and oxygen atoms in total. The van der Waals surface area contributed by atoms with E-state index in [0.29, 0.717) is 30.3 Å². The second kappa shape index (κ2) is 4.65. The second-order valence-electron chi connectivity index (χ2n) is 4.83. The number of halogens is 1. The van der Waals surface area contributed by atoms with E-state index in [1.54, 1.807) is 13.8 Å². The Balaban J connectivity index is 2.68. The van der Waals surface area contributed by atoms with Crippen LogP contribution >= 0.6 is 0 Å². The standard InChI is InChI=1S/C13H17FO4/c1-13(2,7-15)10-11(14)8(16-3)6-9-12(10)18-5-4-17-9/h6,15H,4-5,7H2,1-3H3. The van der Waals surface area contributed by atoms with Gasteiger partial charge in [-0.2, -0.15) is 0 Å². The molecule has 1 aliphatic heterocycles. The lowest BCUT2D eigenvalue weighted by molar-refractivity contribution is 0.157. The Labute approximate surface area is 105 Å². The van der Waals surface area contributed by atoms with E-state index >= 15 is 0 Å². The van der Waals surface area contributed by atoms with Crippen LogP contribution in [0.2, 0.25) is 0 Å². The van der Waals surface area contributed by atoms with Gasteiger partial charge < -0.3 is 19.3 Å². The van der Waals surface area contributed by atoms with Crippen molar-refractivity contribution in [2.24, 2.45) is 0 Å². The zero-order valence-corrected chi connectivity index (χ0v) is 10.7. The average Bonchev–Trinajstić information content (AvgIpc) is 2.37. The first kappa shape index (κ1) is 13.0. The van der Waals surface area contributed by atoms with Gasteiger partial charge in [0.25, 0.3) is 0 Å². The van der Waals surface area contributed by atoms with Crippen LogP contribution in [0, 0.1) is 5.82 Å². The highest BCUT2D eigenvalue weighted by molar-refractivity contribution is 5.56. The number of aliphatic hydroxyl groups is 1. The molecule has 1 aromatic carbocycles. The van der Waals surface area contributed by atoms with Crippen molar-refractivity contribution in [3.05, 3.63) is 17.4 Å². The smallest absolute Gasteiger partial charge is 0.172 e. The van der Waals surface area contributed by atoms with Gasteiger partial charge in [0.05, 0.1) is 13.7 Å². The number of methoxy groups -OCH3 is 1. The zero-order valence-electron chi connectivity index (χ0n) is 10.7. The Hall–Kier alpha value is -1.49. The fourth-order valence-corrected chi connectivity index (χ4v) is 1.97. The summed E-state index contributed by atoms with van der Waals surface area (Å²) in [4.78, 5) is 0. The molecule has 0 atom stereocenters. The van der Waals surface area contributed by atoms with E-state index in [1.165, 1.54) is 13.2 Å². The lowest BCUT2D eigenvalue weighted by Gasteiger charge is -2.30. The van der Waals surface area contributed by atoms with Crippen molar-refractivity contribution in [2.75, 3.05) is 26.9 Å². The normalized spacial score (nSPS) is 14.5. The molecule has 1 heterocycles. The van der Waals surface area contributed by atoms with E-state index in [0.717, 1.165) is 0 Å². The van der Waals surface area contributed by atoms with Gasteiger partial charge in [0, 0.05) is 17.0 Å². The summed E-state index contributed by atoms with van der Waals surface area (Å²) in [6.07, 6.45) is 0. The third kappa shape index (κ3) is 1.99. The van der Waals surface area contributed by atoms with Crippen molar-refractivity contribution in [3.63, 3.8) is 0 Å². The molecule has 0 aromatic heterocycles. The van der Waals surface area contributed by atoms with Gasteiger partial charge in [0.2, 0.25) is 0 Å². The van der Waals surface area contributed by atoms with Crippen LogP contribution in [0.4, 0.5) is 4.39 Å². The molecule has 0 fully saturated rings. The maximum Gasteiger partial charge on any atom is 0.172 e. The summed E-state index contributed by atoms with van der Waals surface area (Å²) in [5.74, 6) is 0.395. The number of fused-ring (bicyclic) bond motifs is 1. The number of benzene rings is 1. The van der Waals surface area contributed by atoms with Crippen molar-refractivity contribution in [3.8, 4) is 17.2 Å². The summed E-state index contributed by atoms with van der Waals surface area (Å²) in [5.41, 5.74) is -0.484. The zero-order chi connectivity index (χ0) is 13.3.